The summed E-state index contributed by atoms with van der Waals surface area (Å²) in [5, 5.41) is 6.21. The molecular weight excluding hydrogens is 364 g/mol. The maximum absolute atomic E-state index is 12.5. The van der Waals surface area contributed by atoms with Crippen LogP contribution in [0.25, 0.3) is 11.4 Å². The van der Waals surface area contributed by atoms with Crippen LogP contribution in [-0.4, -0.2) is 35.1 Å². The molecule has 1 aromatic heterocycles. The van der Waals surface area contributed by atoms with Crippen LogP contribution < -0.4 is 10.6 Å². The molecule has 3 aromatic rings. The highest BCUT2D eigenvalue weighted by atomic mass is 16.5. The van der Waals surface area contributed by atoms with Crippen LogP contribution in [0.3, 0.4) is 0 Å². The van der Waals surface area contributed by atoms with Gasteiger partial charge >= 0.3 is 0 Å². The van der Waals surface area contributed by atoms with Crippen LogP contribution in [-0.2, 0) is 4.74 Å². The van der Waals surface area contributed by atoms with Crippen molar-refractivity contribution in [1.82, 2.24) is 15.3 Å². The summed E-state index contributed by atoms with van der Waals surface area (Å²) in [6.45, 7) is 3.37. The predicted molar refractivity (Wildman–Crippen MR) is 113 cm³/mol. The molecule has 2 N–H and O–H groups in total. The van der Waals surface area contributed by atoms with Crippen LogP contribution in [0.15, 0.2) is 60.8 Å². The monoisotopic (exact) mass is 388 g/mol. The van der Waals surface area contributed by atoms with Crippen molar-refractivity contribution in [2.75, 3.05) is 18.5 Å². The van der Waals surface area contributed by atoms with E-state index in [1.54, 1.807) is 12.3 Å². The van der Waals surface area contributed by atoms with E-state index in [1.165, 1.54) is 5.56 Å². The minimum Gasteiger partial charge on any atom is -0.376 e. The highest BCUT2D eigenvalue weighted by Gasteiger charge is 2.16. The second-order valence-electron chi connectivity index (χ2n) is 7.18. The van der Waals surface area contributed by atoms with Crippen molar-refractivity contribution >= 4 is 17.4 Å². The van der Waals surface area contributed by atoms with Crippen LogP contribution in [0.1, 0.15) is 28.8 Å². The third-order valence-electron chi connectivity index (χ3n) is 4.88. The number of ether oxygens (including phenoxy) is 1. The Morgan fingerprint density at radius 3 is 2.83 bits per heavy atom. The van der Waals surface area contributed by atoms with Gasteiger partial charge in [0.15, 0.2) is 5.82 Å². The zero-order valence-electron chi connectivity index (χ0n) is 16.4. The molecule has 1 atom stereocenters. The van der Waals surface area contributed by atoms with E-state index in [1.807, 2.05) is 55.5 Å². The lowest BCUT2D eigenvalue weighted by Crippen LogP contribution is -2.31. The average Bonchev–Trinajstić information content (AvgIpc) is 3.27. The summed E-state index contributed by atoms with van der Waals surface area (Å²) >= 11 is 0. The summed E-state index contributed by atoms with van der Waals surface area (Å²) in [6.07, 6.45) is 3.91. The van der Waals surface area contributed by atoms with Gasteiger partial charge < -0.3 is 15.4 Å². The van der Waals surface area contributed by atoms with Crippen LogP contribution in [0, 0.1) is 6.92 Å². The van der Waals surface area contributed by atoms with E-state index < -0.39 is 0 Å². The third-order valence-corrected chi connectivity index (χ3v) is 4.88. The van der Waals surface area contributed by atoms with Gasteiger partial charge in [0.1, 0.15) is 5.82 Å². The summed E-state index contributed by atoms with van der Waals surface area (Å²) in [5.41, 5.74) is 3.54. The lowest BCUT2D eigenvalue weighted by Gasteiger charge is -2.12. The minimum atomic E-state index is -0.104. The fourth-order valence-corrected chi connectivity index (χ4v) is 3.27. The van der Waals surface area contributed by atoms with Crippen molar-refractivity contribution in [2.24, 2.45) is 0 Å². The number of carbonyl (C=O) groups excluding carboxylic acids is 1. The van der Waals surface area contributed by atoms with Gasteiger partial charge in [-0.25, -0.2) is 9.97 Å². The van der Waals surface area contributed by atoms with Crippen molar-refractivity contribution in [3.05, 3.63) is 71.9 Å². The van der Waals surface area contributed by atoms with Crippen molar-refractivity contribution in [3.8, 4) is 11.4 Å². The second kappa shape index (κ2) is 8.84. The minimum absolute atomic E-state index is 0.104. The van der Waals surface area contributed by atoms with Crippen LogP contribution >= 0.6 is 0 Å². The smallest absolute Gasteiger partial charge is 0.251 e. The molecule has 6 nitrogen and oxygen atoms in total. The second-order valence-corrected chi connectivity index (χ2v) is 7.18. The van der Waals surface area contributed by atoms with Crippen LogP contribution in [0.5, 0.6) is 0 Å². The number of aromatic nitrogens is 2. The van der Waals surface area contributed by atoms with Gasteiger partial charge in [-0.3, -0.25) is 4.79 Å². The molecule has 0 unspecified atom stereocenters. The van der Waals surface area contributed by atoms with Crippen molar-refractivity contribution < 1.29 is 9.53 Å². The van der Waals surface area contributed by atoms with E-state index in [2.05, 4.69) is 20.6 Å². The van der Waals surface area contributed by atoms with Crippen molar-refractivity contribution in [1.29, 1.82) is 0 Å². The zero-order valence-corrected chi connectivity index (χ0v) is 16.4. The predicted octanol–water partition coefficient (Wildman–Crippen LogP) is 4.10. The maximum atomic E-state index is 12.5. The number of hydrogen-bond acceptors (Lipinski definition) is 5. The van der Waals surface area contributed by atoms with Gasteiger partial charge in [-0.15, -0.1) is 0 Å². The van der Waals surface area contributed by atoms with E-state index >= 15 is 0 Å². The Morgan fingerprint density at radius 1 is 1.17 bits per heavy atom. The number of rotatable bonds is 6. The largest absolute Gasteiger partial charge is 0.376 e. The fraction of sp³-hybridized carbons (Fsp3) is 0.261. The Hall–Kier alpha value is -3.25. The standard InChI is InChI=1S/C23H24N4O2/c1-16-7-9-17(10-8-16)22-24-12-11-21(27-22)26-19-5-2-4-18(14-19)23(28)25-15-20-6-3-13-29-20/h2,4-5,7-12,14,20H,3,6,13,15H2,1H3,(H,25,28)(H,24,26,27)/t20-/m1/s1. The van der Waals surface area contributed by atoms with E-state index in [0.717, 1.165) is 30.7 Å². The normalized spacial score (nSPS) is 15.8. The molecule has 2 heterocycles. The summed E-state index contributed by atoms with van der Waals surface area (Å²) in [7, 11) is 0. The lowest BCUT2D eigenvalue weighted by atomic mass is 10.1. The Labute approximate surface area is 170 Å². The first-order valence-corrected chi connectivity index (χ1v) is 9.84. The number of carbonyl (C=O) groups is 1. The van der Waals surface area contributed by atoms with Gasteiger partial charge in [-0.05, 0) is 44.0 Å². The molecule has 1 fully saturated rings. The Kier molecular flexibility index (Phi) is 5.81. The molecular formula is C23H24N4O2. The lowest BCUT2D eigenvalue weighted by molar-refractivity contribution is 0.0858. The molecule has 0 radical (unpaired) electrons. The molecule has 2 aromatic carbocycles. The van der Waals surface area contributed by atoms with Gasteiger partial charge in [0.05, 0.1) is 6.10 Å². The summed E-state index contributed by atoms with van der Waals surface area (Å²) in [4.78, 5) is 21.4. The molecule has 1 aliphatic rings. The average molecular weight is 388 g/mol. The van der Waals surface area contributed by atoms with Crippen molar-refractivity contribution in [3.63, 3.8) is 0 Å². The molecule has 29 heavy (non-hydrogen) atoms. The number of aryl methyl sites for hydroxylation is 1. The topological polar surface area (TPSA) is 76.1 Å². The van der Waals surface area contributed by atoms with E-state index in [0.29, 0.717) is 23.8 Å². The number of nitrogens with one attached hydrogen (secondary N) is 2. The fourth-order valence-electron chi connectivity index (χ4n) is 3.27. The van der Waals surface area contributed by atoms with Gasteiger partial charge in [0.2, 0.25) is 0 Å². The highest BCUT2D eigenvalue weighted by Crippen LogP contribution is 2.20. The Bertz CT molecular complexity index is 982. The first-order valence-electron chi connectivity index (χ1n) is 9.84. The SMILES string of the molecule is Cc1ccc(-c2nccc(Nc3cccc(C(=O)NC[C@H]4CCCO4)c3)n2)cc1. The number of anilines is 2. The zero-order chi connectivity index (χ0) is 20.1. The van der Waals surface area contributed by atoms with Crippen LogP contribution in [0.2, 0.25) is 0 Å². The first-order chi connectivity index (χ1) is 14.2. The number of amides is 1. The molecule has 0 spiro atoms. The number of hydrogen-bond donors (Lipinski definition) is 2. The molecule has 1 amide bonds. The van der Waals surface area contributed by atoms with Gasteiger partial charge in [-0.1, -0.05) is 35.9 Å². The Balaban J connectivity index is 1.44. The molecule has 6 heteroatoms. The van der Waals surface area contributed by atoms with E-state index in [4.69, 9.17) is 4.74 Å². The molecule has 1 aliphatic heterocycles. The summed E-state index contributed by atoms with van der Waals surface area (Å²) < 4.78 is 5.55. The molecule has 0 aliphatic carbocycles. The van der Waals surface area contributed by atoms with E-state index in [9.17, 15) is 4.79 Å². The Morgan fingerprint density at radius 2 is 2.03 bits per heavy atom. The summed E-state index contributed by atoms with van der Waals surface area (Å²) in [5.74, 6) is 1.22. The highest BCUT2D eigenvalue weighted by molar-refractivity contribution is 5.95. The third kappa shape index (κ3) is 4.97. The molecule has 4 rings (SSSR count). The van der Waals surface area contributed by atoms with Gasteiger partial charge in [-0.2, -0.15) is 0 Å². The quantitative estimate of drug-likeness (QED) is 0.665. The molecule has 148 valence electrons. The van der Waals surface area contributed by atoms with Crippen LogP contribution in [0.4, 0.5) is 11.5 Å². The summed E-state index contributed by atoms with van der Waals surface area (Å²) in [6, 6.07) is 17.3. The molecule has 1 saturated heterocycles. The molecule has 0 bridgehead atoms. The maximum Gasteiger partial charge on any atom is 0.251 e. The number of nitrogens with zero attached hydrogens (tertiary/aromatic N) is 2. The molecule has 0 saturated carbocycles. The number of benzene rings is 2. The van der Waals surface area contributed by atoms with Gasteiger partial charge in [0.25, 0.3) is 5.91 Å². The van der Waals surface area contributed by atoms with Crippen molar-refractivity contribution in [2.45, 2.75) is 25.9 Å². The van der Waals surface area contributed by atoms with Gasteiger partial charge in [0, 0.05) is 36.2 Å². The van der Waals surface area contributed by atoms with E-state index in [-0.39, 0.29) is 12.0 Å². The first kappa shape index (κ1) is 19.1.